The lowest BCUT2D eigenvalue weighted by Gasteiger charge is -2.58. The maximum atomic E-state index is 13.0. The molecule has 38 heavy (non-hydrogen) atoms. The summed E-state index contributed by atoms with van der Waals surface area (Å²) in [5, 5.41) is 0. The predicted octanol–water partition coefficient (Wildman–Crippen LogP) is 8.89. The Balaban J connectivity index is 1.29. The second-order valence-corrected chi connectivity index (χ2v) is 15.7. The normalized spacial score (nSPS) is 38.0. The second-order valence-electron chi connectivity index (χ2n) is 14.1. The number of benzene rings is 1. The van der Waals surface area contributed by atoms with Gasteiger partial charge in [-0.1, -0.05) is 76.1 Å². The summed E-state index contributed by atoms with van der Waals surface area (Å²) in [6.45, 7) is 14.2. The first-order valence-corrected chi connectivity index (χ1v) is 16.7. The van der Waals surface area contributed by atoms with Crippen LogP contribution in [0.1, 0.15) is 98.0 Å². The molecule has 0 N–H and O–H groups in total. The summed E-state index contributed by atoms with van der Waals surface area (Å²) >= 11 is 0. The fourth-order valence-corrected chi connectivity index (χ4v) is 10.4. The van der Waals surface area contributed by atoms with Gasteiger partial charge in [0.15, 0.2) is 0 Å². The topological polar surface area (TPSA) is 43.4 Å². The van der Waals surface area contributed by atoms with E-state index < -0.39 is 10.1 Å². The van der Waals surface area contributed by atoms with Crippen LogP contribution in [0.2, 0.25) is 0 Å². The Morgan fingerprint density at radius 2 is 1.74 bits per heavy atom. The lowest BCUT2D eigenvalue weighted by Crippen LogP contribution is -2.51. The molecule has 4 heteroatoms. The number of hydrogen-bond donors (Lipinski definition) is 0. The molecule has 0 saturated heterocycles. The molecule has 1 aromatic carbocycles. The average molecular weight is 539 g/mol. The highest BCUT2D eigenvalue weighted by atomic mass is 32.2. The number of hydrogen-bond acceptors (Lipinski definition) is 3. The molecule has 3 saturated carbocycles. The molecule has 3 nitrogen and oxygen atoms in total. The van der Waals surface area contributed by atoms with E-state index in [-0.39, 0.29) is 16.4 Å². The molecule has 4 aliphatic carbocycles. The zero-order valence-electron chi connectivity index (χ0n) is 24.6. The van der Waals surface area contributed by atoms with Crippen molar-refractivity contribution in [1.29, 1.82) is 0 Å². The van der Waals surface area contributed by atoms with Gasteiger partial charge in [-0.25, -0.2) is 0 Å². The smallest absolute Gasteiger partial charge is 0.263 e. The Labute approximate surface area is 232 Å². The van der Waals surface area contributed by atoms with Gasteiger partial charge < -0.3 is 0 Å². The Hall–Kier alpha value is -1.39. The summed E-state index contributed by atoms with van der Waals surface area (Å²) < 4.78 is 31.8. The van der Waals surface area contributed by atoms with E-state index in [0.717, 1.165) is 60.8 Å². The lowest BCUT2D eigenvalue weighted by molar-refractivity contribution is -0.0523. The van der Waals surface area contributed by atoms with Crippen LogP contribution in [-0.4, -0.2) is 14.5 Å². The minimum absolute atomic E-state index is 0.193. The zero-order chi connectivity index (χ0) is 27.3. The van der Waals surface area contributed by atoms with Gasteiger partial charge in [0.05, 0.1) is 11.0 Å². The van der Waals surface area contributed by atoms with E-state index >= 15 is 0 Å². The first-order valence-electron chi connectivity index (χ1n) is 15.3. The molecule has 4 aliphatic rings. The molecular weight excluding hydrogens is 488 g/mol. The Morgan fingerprint density at radius 3 is 2.45 bits per heavy atom. The third kappa shape index (κ3) is 5.09. The first kappa shape index (κ1) is 28.1. The summed E-state index contributed by atoms with van der Waals surface area (Å²) in [5.41, 5.74) is 3.16. The van der Waals surface area contributed by atoms with Crippen LogP contribution in [0, 0.1) is 53.3 Å². The van der Waals surface area contributed by atoms with E-state index in [1.54, 1.807) is 12.1 Å². The van der Waals surface area contributed by atoms with Crippen molar-refractivity contribution in [2.24, 2.45) is 46.3 Å². The van der Waals surface area contributed by atoms with Gasteiger partial charge in [-0.05, 0) is 123 Å². The summed E-state index contributed by atoms with van der Waals surface area (Å²) in [4.78, 5) is 0.268. The fraction of sp³-hybridized carbons (Fsp3) is 0.706. The molecule has 3 fully saturated rings. The van der Waals surface area contributed by atoms with Crippen molar-refractivity contribution >= 4 is 10.1 Å². The van der Waals surface area contributed by atoms with Crippen molar-refractivity contribution < 1.29 is 12.6 Å². The van der Waals surface area contributed by atoms with Gasteiger partial charge in [-0.3, -0.25) is 4.18 Å². The molecule has 0 spiro atoms. The van der Waals surface area contributed by atoms with E-state index in [9.17, 15) is 8.42 Å². The monoisotopic (exact) mass is 538 g/mol. The van der Waals surface area contributed by atoms with Gasteiger partial charge in [0.2, 0.25) is 0 Å². The summed E-state index contributed by atoms with van der Waals surface area (Å²) in [6.07, 6.45) is 17.6. The van der Waals surface area contributed by atoms with E-state index in [0.29, 0.717) is 11.3 Å². The number of aryl methyl sites for hydroxylation is 1. The Bertz CT molecular complexity index is 1160. The molecule has 8 unspecified atom stereocenters. The highest BCUT2D eigenvalue weighted by molar-refractivity contribution is 7.86. The van der Waals surface area contributed by atoms with Crippen LogP contribution in [0.3, 0.4) is 0 Å². The van der Waals surface area contributed by atoms with Crippen molar-refractivity contribution in [3.05, 3.63) is 53.6 Å². The molecule has 0 radical (unpaired) electrons. The van der Waals surface area contributed by atoms with Crippen LogP contribution in [0.5, 0.6) is 0 Å². The quantitative estimate of drug-likeness (QED) is 0.257. The van der Waals surface area contributed by atoms with Crippen LogP contribution in [-0.2, 0) is 14.3 Å². The van der Waals surface area contributed by atoms with Gasteiger partial charge in [-0.2, -0.15) is 8.42 Å². The SMILES string of the molecule is Cc1ccc(S(=O)(=O)OC2CCC3(C)C(=CCC4C3CCC3(C)C(C(C)C=CCC(C)C)CCC43)C2)cc1. The van der Waals surface area contributed by atoms with Gasteiger partial charge in [0.1, 0.15) is 0 Å². The van der Waals surface area contributed by atoms with Crippen LogP contribution < -0.4 is 0 Å². The van der Waals surface area contributed by atoms with Crippen molar-refractivity contribution in [2.75, 3.05) is 0 Å². The molecule has 0 bridgehead atoms. The highest BCUT2D eigenvalue weighted by Gasteiger charge is 2.59. The number of allylic oxidation sites excluding steroid dienone is 3. The Morgan fingerprint density at radius 1 is 1.00 bits per heavy atom. The van der Waals surface area contributed by atoms with E-state index in [1.807, 2.05) is 19.1 Å². The van der Waals surface area contributed by atoms with Crippen molar-refractivity contribution in [1.82, 2.24) is 0 Å². The molecule has 0 aromatic heterocycles. The number of rotatable bonds is 7. The Kier molecular flexibility index (Phi) is 7.81. The standard InChI is InChI=1S/C34H50O3S/c1-23(2)8-7-9-25(4)30-16-17-31-29-15-12-26-22-27(37-38(35,36)28-13-10-24(3)11-14-28)18-20-33(26,5)32(29)19-21-34(30,31)6/h7,9-14,23,25,27,29-32H,8,15-22H2,1-6H3. The first-order chi connectivity index (χ1) is 17.9. The molecule has 0 heterocycles. The van der Waals surface area contributed by atoms with Crippen LogP contribution >= 0.6 is 0 Å². The van der Waals surface area contributed by atoms with Crippen molar-refractivity contribution in [3.63, 3.8) is 0 Å². The second kappa shape index (κ2) is 10.5. The molecular formula is C34H50O3S. The largest absolute Gasteiger partial charge is 0.297 e. The molecule has 0 amide bonds. The van der Waals surface area contributed by atoms with E-state index in [2.05, 4.69) is 52.8 Å². The third-order valence-corrected chi connectivity index (χ3v) is 12.8. The van der Waals surface area contributed by atoms with Gasteiger partial charge >= 0.3 is 0 Å². The highest BCUT2D eigenvalue weighted by Crippen LogP contribution is 2.67. The summed E-state index contributed by atoms with van der Waals surface area (Å²) in [5.74, 6) is 4.50. The predicted molar refractivity (Wildman–Crippen MR) is 156 cm³/mol. The minimum Gasteiger partial charge on any atom is -0.263 e. The van der Waals surface area contributed by atoms with Gasteiger partial charge in [0.25, 0.3) is 10.1 Å². The van der Waals surface area contributed by atoms with E-state index in [1.165, 1.54) is 37.7 Å². The average Bonchev–Trinajstić information content (AvgIpc) is 3.21. The van der Waals surface area contributed by atoms with Crippen molar-refractivity contribution in [3.8, 4) is 0 Å². The van der Waals surface area contributed by atoms with Gasteiger partial charge in [0, 0.05) is 0 Å². The molecule has 210 valence electrons. The van der Waals surface area contributed by atoms with Crippen LogP contribution in [0.25, 0.3) is 0 Å². The van der Waals surface area contributed by atoms with E-state index in [4.69, 9.17) is 4.18 Å². The molecule has 0 aliphatic heterocycles. The summed E-state index contributed by atoms with van der Waals surface area (Å²) in [7, 11) is -3.74. The molecule has 1 aromatic rings. The van der Waals surface area contributed by atoms with Crippen molar-refractivity contribution in [2.45, 2.75) is 110 Å². The van der Waals surface area contributed by atoms with Gasteiger partial charge in [-0.15, -0.1) is 0 Å². The minimum atomic E-state index is -3.74. The number of fused-ring (bicyclic) bond motifs is 5. The summed E-state index contributed by atoms with van der Waals surface area (Å²) in [6, 6.07) is 7.00. The van der Waals surface area contributed by atoms with Crippen LogP contribution in [0.15, 0.2) is 53.0 Å². The maximum Gasteiger partial charge on any atom is 0.297 e. The van der Waals surface area contributed by atoms with Crippen LogP contribution in [0.4, 0.5) is 0 Å². The molecule has 8 atom stereocenters. The lowest BCUT2D eigenvalue weighted by atomic mass is 9.47. The fourth-order valence-electron chi connectivity index (χ4n) is 9.25. The zero-order valence-corrected chi connectivity index (χ0v) is 25.4. The maximum absolute atomic E-state index is 13.0. The molecule has 5 rings (SSSR count). The third-order valence-electron chi connectivity index (χ3n) is 11.4.